The van der Waals surface area contributed by atoms with E-state index in [0.717, 1.165) is 0 Å². The van der Waals surface area contributed by atoms with Crippen molar-refractivity contribution in [1.29, 1.82) is 0 Å². The van der Waals surface area contributed by atoms with Gasteiger partial charge >= 0.3 is 5.97 Å². The van der Waals surface area contributed by atoms with Gasteiger partial charge in [-0.25, -0.2) is 4.79 Å². The van der Waals surface area contributed by atoms with Crippen LogP contribution in [0.2, 0.25) is 0 Å². The fourth-order valence-corrected chi connectivity index (χ4v) is 4.54. The van der Waals surface area contributed by atoms with Crippen LogP contribution in [0, 0.1) is 10.1 Å². The van der Waals surface area contributed by atoms with Crippen LogP contribution < -0.4 is 0 Å². The summed E-state index contributed by atoms with van der Waals surface area (Å²) in [6.45, 7) is 0.00131. The number of carbonyl (C=O) groups is 2. The monoisotopic (exact) mass is 400 g/mol. The number of aromatic nitrogens is 2. The zero-order chi connectivity index (χ0) is 19.8. The number of hydrogen-bond acceptors (Lipinski definition) is 7. The first-order valence-electron chi connectivity index (χ1n) is 8.49. The maximum absolute atomic E-state index is 12.5. The van der Waals surface area contributed by atoms with Crippen LogP contribution in [0.1, 0.15) is 11.3 Å². The van der Waals surface area contributed by atoms with Crippen molar-refractivity contribution in [2.75, 3.05) is 5.75 Å². The van der Waals surface area contributed by atoms with Gasteiger partial charge in [0.15, 0.2) is 0 Å². The Morgan fingerprint density at radius 3 is 2.79 bits per heavy atom. The predicted octanol–water partition coefficient (Wildman–Crippen LogP) is 1.74. The Labute approximate surface area is 164 Å². The summed E-state index contributed by atoms with van der Waals surface area (Å²) < 4.78 is 6.98. The average molecular weight is 400 g/mol. The van der Waals surface area contributed by atoms with Gasteiger partial charge < -0.3 is 9.64 Å². The average Bonchev–Trinajstić information content (AvgIpc) is 3.28. The Hall–Kier alpha value is -3.14. The molecule has 0 radical (unpaired) electrons. The molecule has 2 aliphatic rings. The van der Waals surface area contributed by atoms with Gasteiger partial charge in [0.05, 0.1) is 16.2 Å². The van der Waals surface area contributed by atoms with Crippen molar-refractivity contribution in [3.05, 3.63) is 63.5 Å². The number of nitro groups is 1. The molecule has 1 aromatic heterocycles. The summed E-state index contributed by atoms with van der Waals surface area (Å²) in [7, 11) is 1.80. The fourth-order valence-electron chi connectivity index (χ4n) is 3.13. The number of fused-ring (bicyclic) bond motifs is 1. The van der Waals surface area contributed by atoms with E-state index in [1.54, 1.807) is 36.1 Å². The van der Waals surface area contributed by atoms with Crippen molar-refractivity contribution in [2.24, 2.45) is 7.05 Å². The number of thioether (sulfide) groups is 1. The Balaban J connectivity index is 1.37. The summed E-state index contributed by atoms with van der Waals surface area (Å²) in [6, 6.07) is 7.00. The minimum Gasteiger partial charge on any atom is -0.459 e. The zero-order valence-corrected chi connectivity index (χ0v) is 15.7. The molecule has 2 aromatic rings. The van der Waals surface area contributed by atoms with E-state index in [0.29, 0.717) is 22.6 Å². The quantitative estimate of drug-likeness (QED) is 0.247. The third kappa shape index (κ3) is 3.26. The van der Waals surface area contributed by atoms with Gasteiger partial charge in [0, 0.05) is 31.1 Å². The van der Waals surface area contributed by atoms with Crippen LogP contribution >= 0.6 is 11.8 Å². The molecular formula is C18H16N4O5S. The largest absolute Gasteiger partial charge is 0.459 e. The van der Waals surface area contributed by atoms with Crippen LogP contribution in [-0.2, 0) is 28.0 Å². The van der Waals surface area contributed by atoms with Crippen molar-refractivity contribution in [3.63, 3.8) is 0 Å². The Kier molecular flexibility index (Phi) is 4.63. The summed E-state index contributed by atoms with van der Waals surface area (Å²) in [5, 5.41) is 14.8. The number of benzene rings is 1. The molecule has 2 saturated heterocycles. The highest BCUT2D eigenvalue weighted by molar-refractivity contribution is 8.00. The van der Waals surface area contributed by atoms with E-state index < -0.39 is 16.9 Å². The Morgan fingerprint density at radius 1 is 1.39 bits per heavy atom. The summed E-state index contributed by atoms with van der Waals surface area (Å²) in [4.78, 5) is 36.6. The molecule has 0 N–H and O–H groups in total. The fraction of sp³-hybridized carbons (Fsp3) is 0.278. The van der Waals surface area contributed by atoms with Crippen LogP contribution in [0.3, 0.4) is 0 Å². The molecule has 2 aliphatic heterocycles. The van der Waals surface area contributed by atoms with Crippen molar-refractivity contribution < 1.29 is 19.2 Å². The van der Waals surface area contributed by atoms with Gasteiger partial charge in [-0.05, 0) is 29.8 Å². The second kappa shape index (κ2) is 7.12. The number of rotatable bonds is 5. The first-order chi connectivity index (χ1) is 13.4. The van der Waals surface area contributed by atoms with E-state index >= 15 is 0 Å². The molecule has 0 spiro atoms. The summed E-state index contributed by atoms with van der Waals surface area (Å²) in [5.74, 6) is -0.189. The third-order valence-corrected chi connectivity index (χ3v) is 5.89. The minimum atomic E-state index is -0.624. The number of non-ortho nitro benzene ring substituents is 1. The molecule has 9 nitrogen and oxygen atoms in total. The first kappa shape index (κ1) is 18.2. The molecule has 4 rings (SSSR count). The molecule has 144 valence electrons. The van der Waals surface area contributed by atoms with Gasteiger partial charge in [0.1, 0.15) is 18.0 Å². The highest BCUT2D eigenvalue weighted by Gasteiger charge is 2.53. The van der Waals surface area contributed by atoms with E-state index in [9.17, 15) is 19.7 Å². The molecule has 2 unspecified atom stereocenters. The molecule has 0 bridgehead atoms. The van der Waals surface area contributed by atoms with E-state index in [4.69, 9.17) is 4.74 Å². The molecule has 1 amide bonds. The number of ether oxygens (including phenoxy) is 1. The van der Waals surface area contributed by atoms with Gasteiger partial charge in [0.25, 0.3) is 11.6 Å². The van der Waals surface area contributed by atoms with Crippen LogP contribution in [0.25, 0.3) is 6.08 Å². The maximum Gasteiger partial charge on any atom is 0.330 e. The number of amides is 1. The molecule has 10 heteroatoms. The molecular weight excluding hydrogens is 384 g/mol. The highest BCUT2D eigenvalue weighted by Crippen LogP contribution is 2.44. The van der Waals surface area contributed by atoms with Crippen LogP contribution in [-0.4, -0.2) is 48.6 Å². The van der Waals surface area contributed by atoms with Gasteiger partial charge in [-0.3, -0.25) is 19.6 Å². The maximum atomic E-state index is 12.5. The van der Waals surface area contributed by atoms with Crippen molar-refractivity contribution in [2.45, 2.75) is 18.0 Å². The smallest absolute Gasteiger partial charge is 0.330 e. The second-order valence-electron chi connectivity index (χ2n) is 6.46. The molecule has 2 fully saturated rings. The lowest BCUT2D eigenvalue weighted by Gasteiger charge is -2.38. The van der Waals surface area contributed by atoms with E-state index in [1.165, 1.54) is 28.8 Å². The van der Waals surface area contributed by atoms with Crippen LogP contribution in [0.4, 0.5) is 5.69 Å². The summed E-state index contributed by atoms with van der Waals surface area (Å²) >= 11 is 1.52. The van der Waals surface area contributed by atoms with Crippen LogP contribution in [0.15, 0.2) is 42.1 Å². The molecule has 3 heterocycles. The lowest BCUT2D eigenvalue weighted by Crippen LogP contribution is -2.56. The topological polar surface area (TPSA) is 108 Å². The number of nitrogens with zero attached hydrogens (tertiary/aromatic N) is 4. The summed E-state index contributed by atoms with van der Waals surface area (Å²) in [6.07, 6.45) is 3.55. The summed E-state index contributed by atoms with van der Waals surface area (Å²) in [5.41, 5.74) is 1.96. The van der Waals surface area contributed by atoms with Gasteiger partial charge in [-0.15, -0.1) is 11.8 Å². The number of carbonyl (C=O) groups excluding carboxylic acids is 2. The van der Waals surface area contributed by atoms with E-state index in [2.05, 4.69) is 5.10 Å². The lowest BCUT2D eigenvalue weighted by atomic mass is 10.0. The number of nitro benzene ring substituents is 1. The standard InChI is InChI=1S/C18H16N4O5S/c1-20-7-6-12(19-20)8-14-16(23)21-15(10-28-17(14)21)18(24)27-9-11-2-4-13(5-3-11)22(25)26/h2-8,15,17H,9-10H2,1H3. The van der Waals surface area contributed by atoms with Crippen LogP contribution in [0.5, 0.6) is 0 Å². The molecule has 1 aromatic carbocycles. The third-order valence-electron chi connectivity index (χ3n) is 4.59. The molecule has 0 aliphatic carbocycles. The van der Waals surface area contributed by atoms with E-state index in [-0.39, 0.29) is 23.6 Å². The van der Waals surface area contributed by atoms with Gasteiger partial charge in [-0.1, -0.05) is 0 Å². The van der Waals surface area contributed by atoms with Gasteiger partial charge in [-0.2, -0.15) is 5.10 Å². The predicted molar refractivity (Wildman–Crippen MR) is 101 cm³/mol. The molecule has 2 atom stereocenters. The normalized spacial score (nSPS) is 22.1. The van der Waals surface area contributed by atoms with Crippen molar-refractivity contribution in [1.82, 2.24) is 14.7 Å². The van der Waals surface area contributed by atoms with Gasteiger partial charge in [0.2, 0.25) is 0 Å². The van der Waals surface area contributed by atoms with Crippen molar-refractivity contribution >= 4 is 35.4 Å². The first-order valence-corrected chi connectivity index (χ1v) is 9.54. The molecule has 28 heavy (non-hydrogen) atoms. The van der Waals surface area contributed by atoms with Crippen molar-refractivity contribution in [3.8, 4) is 0 Å². The number of hydrogen-bond donors (Lipinski definition) is 0. The Bertz CT molecular complexity index is 984. The number of β-lactam (4-membered cyclic amide) rings is 1. The second-order valence-corrected chi connectivity index (χ2v) is 7.57. The Morgan fingerprint density at radius 2 is 2.14 bits per heavy atom. The molecule has 0 saturated carbocycles. The number of aryl methyl sites for hydroxylation is 1. The van der Waals surface area contributed by atoms with E-state index in [1.807, 2.05) is 6.07 Å². The highest BCUT2D eigenvalue weighted by atomic mass is 32.2. The SMILES string of the molecule is Cn1ccc(C=C2C(=O)N3C(C(=O)OCc4ccc([N+](=O)[O-])cc4)CSC23)n1. The zero-order valence-electron chi connectivity index (χ0n) is 14.8. The minimum absolute atomic E-state index is 0.00131. The number of esters is 1. The lowest BCUT2D eigenvalue weighted by molar-refractivity contribution is -0.384.